The van der Waals surface area contributed by atoms with E-state index in [0.29, 0.717) is 18.4 Å². The number of alkyl halides is 3. The topological polar surface area (TPSA) is 24.9 Å². The SMILES string of the molecule is CCCNC(Cc1ccc(C(F)(F)F)cn1)C1CC1. The Labute approximate surface area is 111 Å². The molecule has 0 radical (unpaired) electrons. The number of hydrogen-bond acceptors (Lipinski definition) is 2. The van der Waals surface area contributed by atoms with E-state index in [1.807, 2.05) is 0 Å². The Morgan fingerprint density at radius 1 is 1.37 bits per heavy atom. The van der Waals surface area contributed by atoms with E-state index in [4.69, 9.17) is 0 Å². The van der Waals surface area contributed by atoms with Gasteiger partial charge in [-0.05, 0) is 43.9 Å². The first-order valence-corrected chi connectivity index (χ1v) is 6.76. The summed E-state index contributed by atoms with van der Waals surface area (Å²) in [7, 11) is 0. The highest BCUT2D eigenvalue weighted by Crippen LogP contribution is 2.34. The first kappa shape index (κ1) is 14.3. The van der Waals surface area contributed by atoms with Gasteiger partial charge in [0.15, 0.2) is 0 Å². The van der Waals surface area contributed by atoms with Crippen LogP contribution in [0.3, 0.4) is 0 Å². The molecular formula is C14H19F3N2. The van der Waals surface area contributed by atoms with E-state index >= 15 is 0 Å². The van der Waals surface area contributed by atoms with Gasteiger partial charge in [0.25, 0.3) is 0 Å². The number of halogens is 3. The van der Waals surface area contributed by atoms with Crippen molar-refractivity contribution in [2.75, 3.05) is 6.54 Å². The Balaban J connectivity index is 1.97. The summed E-state index contributed by atoms with van der Waals surface area (Å²) in [5.41, 5.74) is 0.0502. The van der Waals surface area contributed by atoms with Crippen molar-refractivity contribution in [3.8, 4) is 0 Å². The molecule has 1 heterocycles. The summed E-state index contributed by atoms with van der Waals surface area (Å²) in [6.45, 7) is 3.05. The van der Waals surface area contributed by atoms with Crippen molar-refractivity contribution >= 4 is 0 Å². The second-order valence-corrected chi connectivity index (χ2v) is 5.14. The molecule has 1 fully saturated rings. The van der Waals surface area contributed by atoms with E-state index in [1.165, 1.54) is 18.9 Å². The second kappa shape index (κ2) is 5.90. The molecule has 1 unspecified atom stereocenters. The third-order valence-electron chi connectivity index (χ3n) is 3.43. The van der Waals surface area contributed by atoms with Gasteiger partial charge >= 0.3 is 6.18 Å². The van der Waals surface area contributed by atoms with Gasteiger partial charge in [-0.3, -0.25) is 4.98 Å². The van der Waals surface area contributed by atoms with Crippen molar-refractivity contribution in [1.82, 2.24) is 10.3 Å². The molecule has 1 aliphatic rings. The fraction of sp³-hybridized carbons (Fsp3) is 0.643. The zero-order valence-electron chi connectivity index (χ0n) is 11.0. The number of nitrogens with zero attached hydrogens (tertiary/aromatic N) is 1. The molecule has 1 aromatic rings. The van der Waals surface area contributed by atoms with E-state index in [0.717, 1.165) is 30.9 Å². The molecule has 0 spiro atoms. The van der Waals surface area contributed by atoms with Crippen LogP contribution in [0.2, 0.25) is 0 Å². The lowest BCUT2D eigenvalue weighted by atomic mass is 10.1. The normalized spacial score (nSPS) is 17.5. The van der Waals surface area contributed by atoms with Gasteiger partial charge in [-0.2, -0.15) is 13.2 Å². The minimum atomic E-state index is -4.30. The van der Waals surface area contributed by atoms with Gasteiger partial charge in [0, 0.05) is 24.4 Å². The molecule has 1 saturated carbocycles. The van der Waals surface area contributed by atoms with Crippen LogP contribution in [0.4, 0.5) is 13.2 Å². The van der Waals surface area contributed by atoms with Crippen LogP contribution in [0.25, 0.3) is 0 Å². The smallest absolute Gasteiger partial charge is 0.313 e. The van der Waals surface area contributed by atoms with Crippen molar-refractivity contribution in [3.05, 3.63) is 29.6 Å². The standard InChI is InChI=1S/C14H19F3N2/c1-2-7-18-13(10-3-4-10)8-12-6-5-11(9-19-12)14(15,16)17/h5-6,9-10,13,18H,2-4,7-8H2,1H3. The van der Waals surface area contributed by atoms with Crippen LogP contribution in [-0.4, -0.2) is 17.6 Å². The highest BCUT2D eigenvalue weighted by Gasteiger charge is 2.32. The number of nitrogens with one attached hydrogen (secondary N) is 1. The van der Waals surface area contributed by atoms with Gasteiger partial charge in [0.05, 0.1) is 5.56 Å². The van der Waals surface area contributed by atoms with Crippen molar-refractivity contribution in [1.29, 1.82) is 0 Å². The minimum absolute atomic E-state index is 0.351. The third kappa shape index (κ3) is 4.20. The zero-order valence-corrected chi connectivity index (χ0v) is 11.0. The molecule has 1 atom stereocenters. The van der Waals surface area contributed by atoms with Crippen LogP contribution < -0.4 is 5.32 Å². The summed E-state index contributed by atoms with van der Waals surface area (Å²) in [6.07, 6.45) is 0.817. The molecule has 106 valence electrons. The molecule has 0 bridgehead atoms. The molecule has 1 N–H and O–H groups in total. The fourth-order valence-electron chi connectivity index (χ4n) is 2.17. The van der Waals surface area contributed by atoms with Crippen molar-refractivity contribution in [2.45, 2.75) is 44.8 Å². The molecule has 1 aliphatic carbocycles. The first-order chi connectivity index (χ1) is 9.00. The Morgan fingerprint density at radius 3 is 2.58 bits per heavy atom. The molecule has 0 amide bonds. The van der Waals surface area contributed by atoms with Crippen LogP contribution in [0.15, 0.2) is 18.3 Å². The molecular weight excluding hydrogens is 253 g/mol. The highest BCUT2D eigenvalue weighted by molar-refractivity contribution is 5.18. The van der Waals surface area contributed by atoms with Gasteiger partial charge in [-0.1, -0.05) is 6.92 Å². The van der Waals surface area contributed by atoms with Crippen LogP contribution in [0, 0.1) is 5.92 Å². The maximum atomic E-state index is 12.4. The average molecular weight is 272 g/mol. The zero-order chi connectivity index (χ0) is 13.9. The summed E-state index contributed by atoms with van der Waals surface area (Å²) < 4.78 is 37.3. The van der Waals surface area contributed by atoms with E-state index in [-0.39, 0.29) is 0 Å². The Kier molecular flexibility index (Phi) is 4.45. The quantitative estimate of drug-likeness (QED) is 0.858. The monoisotopic (exact) mass is 272 g/mol. The maximum Gasteiger partial charge on any atom is 0.417 e. The van der Waals surface area contributed by atoms with Crippen LogP contribution >= 0.6 is 0 Å². The van der Waals surface area contributed by atoms with Crippen LogP contribution in [0.1, 0.15) is 37.4 Å². The Morgan fingerprint density at radius 2 is 2.11 bits per heavy atom. The lowest BCUT2D eigenvalue weighted by Gasteiger charge is -2.17. The van der Waals surface area contributed by atoms with Gasteiger partial charge < -0.3 is 5.32 Å². The van der Waals surface area contributed by atoms with E-state index < -0.39 is 11.7 Å². The van der Waals surface area contributed by atoms with Crippen molar-refractivity contribution < 1.29 is 13.2 Å². The minimum Gasteiger partial charge on any atom is -0.313 e. The summed E-state index contributed by atoms with van der Waals surface area (Å²) >= 11 is 0. The van der Waals surface area contributed by atoms with Crippen LogP contribution in [-0.2, 0) is 12.6 Å². The van der Waals surface area contributed by atoms with Gasteiger partial charge in [0.2, 0.25) is 0 Å². The van der Waals surface area contributed by atoms with Crippen molar-refractivity contribution in [2.24, 2.45) is 5.92 Å². The molecule has 0 aliphatic heterocycles. The maximum absolute atomic E-state index is 12.4. The summed E-state index contributed by atoms with van der Waals surface area (Å²) in [6, 6.07) is 2.96. The number of aromatic nitrogens is 1. The summed E-state index contributed by atoms with van der Waals surface area (Å²) in [4.78, 5) is 3.94. The molecule has 0 aromatic carbocycles. The summed E-state index contributed by atoms with van der Waals surface area (Å²) in [5, 5.41) is 3.46. The van der Waals surface area contributed by atoms with Gasteiger partial charge in [-0.15, -0.1) is 0 Å². The number of pyridine rings is 1. The summed E-state index contributed by atoms with van der Waals surface area (Å²) in [5.74, 6) is 0.663. The third-order valence-corrected chi connectivity index (χ3v) is 3.43. The largest absolute Gasteiger partial charge is 0.417 e. The molecule has 5 heteroatoms. The van der Waals surface area contributed by atoms with Gasteiger partial charge in [0.1, 0.15) is 0 Å². The molecule has 19 heavy (non-hydrogen) atoms. The average Bonchev–Trinajstić information content (AvgIpc) is 3.18. The number of hydrogen-bond donors (Lipinski definition) is 1. The Bertz CT molecular complexity index is 396. The fourth-order valence-corrected chi connectivity index (χ4v) is 2.17. The molecule has 1 aromatic heterocycles. The molecule has 2 rings (SSSR count). The molecule has 0 saturated heterocycles. The van der Waals surface area contributed by atoms with E-state index in [1.54, 1.807) is 0 Å². The van der Waals surface area contributed by atoms with Crippen LogP contribution in [0.5, 0.6) is 0 Å². The lowest BCUT2D eigenvalue weighted by molar-refractivity contribution is -0.137. The lowest BCUT2D eigenvalue weighted by Crippen LogP contribution is -2.34. The van der Waals surface area contributed by atoms with Gasteiger partial charge in [-0.25, -0.2) is 0 Å². The Hall–Kier alpha value is -1.10. The molecule has 2 nitrogen and oxygen atoms in total. The predicted molar refractivity (Wildman–Crippen MR) is 67.7 cm³/mol. The predicted octanol–water partition coefficient (Wildman–Crippen LogP) is 3.42. The first-order valence-electron chi connectivity index (χ1n) is 6.76. The second-order valence-electron chi connectivity index (χ2n) is 5.14. The highest BCUT2D eigenvalue weighted by atomic mass is 19.4. The van der Waals surface area contributed by atoms with E-state index in [2.05, 4.69) is 17.2 Å². The van der Waals surface area contributed by atoms with E-state index in [9.17, 15) is 13.2 Å². The number of rotatable bonds is 6. The van der Waals surface area contributed by atoms with Crippen molar-refractivity contribution in [3.63, 3.8) is 0 Å².